The van der Waals surface area contributed by atoms with Crippen molar-refractivity contribution < 1.29 is 13.2 Å². The molecule has 2 aromatic carbocycles. The molecule has 0 saturated carbocycles. The van der Waals surface area contributed by atoms with Crippen LogP contribution in [-0.2, 0) is 22.9 Å². The molecule has 2 aromatic rings. The van der Waals surface area contributed by atoms with E-state index in [0.717, 1.165) is 24.8 Å². The highest BCUT2D eigenvalue weighted by Gasteiger charge is 2.13. The van der Waals surface area contributed by atoms with E-state index in [-0.39, 0.29) is 24.0 Å². The van der Waals surface area contributed by atoms with Gasteiger partial charge in [-0.25, -0.2) is 13.4 Å². The van der Waals surface area contributed by atoms with Gasteiger partial charge in [0.15, 0.2) is 5.96 Å². The smallest absolute Gasteiger partial charge is 0.229 e. The molecule has 158 valence electrons. The van der Waals surface area contributed by atoms with Gasteiger partial charge in [-0.05, 0) is 55.0 Å². The molecule has 1 aliphatic rings. The molecule has 0 radical (unpaired) electrons. The van der Waals surface area contributed by atoms with Crippen LogP contribution in [0.4, 0.5) is 11.4 Å². The Labute approximate surface area is 189 Å². The minimum Gasteiger partial charge on any atom is -0.492 e. The molecule has 1 aliphatic carbocycles. The molecule has 0 spiro atoms. The van der Waals surface area contributed by atoms with Crippen LogP contribution in [0, 0.1) is 0 Å². The summed E-state index contributed by atoms with van der Waals surface area (Å²) < 4.78 is 30.6. The van der Waals surface area contributed by atoms with Gasteiger partial charge in [-0.3, -0.25) is 4.72 Å². The Balaban J connectivity index is 0.00000300. The Morgan fingerprint density at radius 2 is 1.93 bits per heavy atom. The highest BCUT2D eigenvalue weighted by molar-refractivity contribution is 14.0. The van der Waals surface area contributed by atoms with Crippen molar-refractivity contribution in [3.63, 3.8) is 0 Å². The maximum atomic E-state index is 11.3. The molecule has 0 bridgehead atoms. The van der Waals surface area contributed by atoms with E-state index in [2.05, 4.69) is 21.1 Å². The lowest BCUT2D eigenvalue weighted by Gasteiger charge is -2.19. The van der Waals surface area contributed by atoms with E-state index in [4.69, 9.17) is 10.5 Å². The van der Waals surface area contributed by atoms with Crippen LogP contribution in [0.3, 0.4) is 0 Å². The zero-order valence-corrected chi connectivity index (χ0v) is 19.5. The monoisotopic (exact) mass is 530 g/mol. The first-order valence-corrected chi connectivity index (χ1v) is 11.2. The lowest BCUT2D eigenvalue weighted by molar-refractivity contribution is 0.329. The maximum Gasteiger partial charge on any atom is 0.229 e. The van der Waals surface area contributed by atoms with E-state index >= 15 is 0 Å². The molecule has 0 fully saturated rings. The van der Waals surface area contributed by atoms with Crippen molar-refractivity contribution in [3.8, 4) is 5.75 Å². The number of nitrogens with zero attached hydrogens (tertiary/aromatic N) is 1. The molecule has 0 amide bonds. The van der Waals surface area contributed by atoms with E-state index in [1.165, 1.54) is 24.0 Å². The topological polar surface area (TPSA) is 106 Å². The molecular formula is C20H27IN4O3S. The largest absolute Gasteiger partial charge is 0.492 e. The Kier molecular flexibility index (Phi) is 8.57. The molecule has 0 unspecified atom stereocenters. The van der Waals surface area contributed by atoms with Crippen molar-refractivity contribution in [3.05, 3.63) is 53.6 Å². The predicted octanol–water partition coefficient (Wildman–Crippen LogP) is 3.36. The summed E-state index contributed by atoms with van der Waals surface area (Å²) in [5, 5.41) is 3.20. The fourth-order valence-corrected chi connectivity index (χ4v) is 3.82. The van der Waals surface area contributed by atoms with Gasteiger partial charge in [-0.15, -0.1) is 24.0 Å². The highest BCUT2D eigenvalue weighted by atomic mass is 127. The number of halogens is 1. The second-order valence-electron chi connectivity index (χ2n) is 6.79. The first-order valence-electron chi connectivity index (χ1n) is 9.29. The normalized spacial score (nSPS) is 13.8. The number of guanidine groups is 1. The standard InChI is InChI=1S/C20H26N4O3S.HI/c1-28(25,26)24-16-8-5-9-17(14-16)27-13-12-22-20(21)23-19-11-4-7-15-6-2-3-10-18(15)19;/h4-5,7-9,11,14,24H,2-3,6,10,12-13H2,1H3,(H3,21,22,23);1H. The van der Waals surface area contributed by atoms with Crippen molar-refractivity contribution in [1.82, 2.24) is 0 Å². The van der Waals surface area contributed by atoms with E-state index < -0.39 is 10.0 Å². The third kappa shape index (κ3) is 7.39. The van der Waals surface area contributed by atoms with E-state index in [9.17, 15) is 8.42 Å². The SMILES string of the molecule is CS(=O)(=O)Nc1cccc(OCCN=C(N)Nc2cccc3c2CCCC3)c1.I. The zero-order chi connectivity index (χ0) is 20.0. The number of aliphatic imine (C=N–C) groups is 1. The lowest BCUT2D eigenvalue weighted by Crippen LogP contribution is -2.25. The molecule has 0 heterocycles. The molecule has 0 aromatic heterocycles. The van der Waals surface area contributed by atoms with Crippen LogP contribution in [0.25, 0.3) is 0 Å². The van der Waals surface area contributed by atoms with Gasteiger partial charge >= 0.3 is 0 Å². The molecular weight excluding hydrogens is 503 g/mol. The highest BCUT2D eigenvalue weighted by Crippen LogP contribution is 2.27. The Morgan fingerprint density at radius 1 is 1.17 bits per heavy atom. The summed E-state index contributed by atoms with van der Waals surface area (Å²) in [6.45, 7) is 0.717. The van der Waals surface area contributed by atoms with Gasteiger partial charge < -0.3 is 15.8 Å². The first kappa shape index (κ1) is 23.3. The van der Waals surface area contributed by atoms with E-state index in [1.54, 1.807) is 24.3 Å². The van der Waals surface area contributed by atoms with Crippen LogP contribution in [0.2, 0.25) is 0 Å². The number of anilines is 2. The summed E-state index contributed by atoms with van der Waals surface area (Å²) in [5.41, 5.74) is 10.2. The number of aryl methyl sites for hydroxylation is 1. The molecule has 7 nitrogen and oxygen atoms in total. The summed E-state index contributed by atoms with van der Waals surface area (Å²) in [6, 6.07) is 13.0. The Morgan fingerprint density at radius 3 is 2.72 bits per heavy atom. The van der Waals surface area contributed by atoms with Crippen LogP contribution >= 0.6 is 24.0 Å². The molecule has 3 rings (SSSR count). The van der Waals surface area contributed by atoms with Gasteiger partial charge in [-0.1, -0.05) is 18.2 Å². The van der Waals surface area contributed by atoms with Crippen molar-refractivity contribution >= 4 is 51.3 Å². The maximum absolute atomic E-state index is 11.3. The number of rotatable bonds is 7. The quantitative estimate of drug-likeness (QED) is 0.220. The lowest BCUT2D eigenvalue weighted by atomic mass is 9.90. The van der Waals surface area contributed by atoms with Gasteiger partial charge in [0.1, 0.15) is 12.4 Å². The minimum absolute atomic E-state index is 0. The number of hydrogen-bond donors (Lipinski definition) is 3. The molecule has 9 heteroatoms. The Bertz CT molecular complexity index is 964. The summed E-state index contributed by atoms with van der Waals surface area (Å²) in [5.74, 6) is 0.919. The van der Waals surface area contributed by atoms with Crippen molar-refractivity contribution in [2.45, 2.75) is 25.7 Å². The van der Waals surface area contributed by atoms with Crippen LogP contribution in [0.15, 0.2) is 47.5 Å². The second kappa shape index (κ2) is 10.7. The average Bonchev–Trinajstić information content (AvgIpc) is 2.64. The number of benzene rings is 2. The van der Waals surface area contributed by atoms with Gasteiger partial charge in [0.2, 0.25) is 10.0 Å². The third-order valence-corrected chi connectivity index (χ3v) is 5.04. The van der Waals surface area contributed by atoms with E-state index in [0.29, 0.717) is 30.5 Å². The predicted molar refractivity (Wildman–Crippen MR) is 129 cm³/mol. The number of fused-ring (bicyclic) bond motifs is 1. The third-order valence-electron chi connectivity index (χ3n) is 4.44. The first-order chi connectivity index (χ1) is 13.4. The number of ether oxygens (including phenoxy) is 1. The summed E-state index contributed by atoms with van der Waals surface area (Å²) >= 11 is 0. The van der Waals surface area contributed by atoms with Crippen molar-refractivity contribution in [2.24, 2.45) is 10.7 Å². The average molecular weight is 530 g/mol. The zero-order valence-electron chi connectivity index (χ0n) is 16.3. The van der Waals surface area contributed by atoms with Crippen LogP contribution < -0.4 is 20.5 Å². The molecule has 0 aliphatic heterocycles. The van der Waals surface area contributed by atoms with Crippen molar-refractivity contribution in [1.29, 1.82) is 0 Å². The van der Waals surface area contributed by atoms with Gasteiger partial charge in [-0.2, -0.15) is 0 Å². The van der Waals surface area contributed by atoms with E-state index in [1.807, 2.05) is 12.1 Å². The summed E-state index contributed by atoms with van der Waals surface area (Å²) in [4.78, 5) is 4.31. The fourth-order valence-electron chi connectivity index (χ4n) is 3.27. The number of nitrogens with two attached hydrogens (primary N) is 1. The second-order valence-corrected chi connectivity index (χ2v) is 8.54. The number of sulfonamides is 1. The molecule has 29 heavy (non-hydrogen) atoms. The van der Waals surface area contributed by atoms with Gasteiger partial charge in [0, 0.05) is 11.8 Å². The van der Waals surface area contributed by atoms with Crippen LogP contribution in [0.5, 0.6) is 5.75 Å². The number of nitrogens with one attached hydrogen (secondary N) is 2. The van der Waals surface area contributed by atoms with Crippen molar-refractivity contribution in [2.75, 3.05) is 29.4 Å². The molecule has 4 N–H and O–H groups in total. The fraction of sp³-hybridized carbons (Fsp3) is 0.350. The van der Waals surface area contributed by atoms with Crippen LogP contribution in [0.1, 0.15) is 24.0 Å². The summed E-state index contributed by atoms with van der Waals surface area (Å²) in [6.07, 6.45) is 5.72. The Hall–Kier alpha value is -2.01. The summed E-state index contributed by atoms with van der Waals surface area (Å²) in [7, 11) is -3.32. The van der Waals surface area contributed by atoms with Gasteiger partial charge in [0.25, 0.3) is 0 Å². The molecule has 0 saturated heterocycles. The van der Waals surface area contributed by atoms with Crippen LogP contribution in [-0.4, -0.2) is 33.8 Å². The van der Waals surface area contributed by atoms with Gasteiger partial charge in [0.05, 0.1) is 18.5 Å². The minimum atomic E-state index is -3.32. The molecule has 0 atom stereocenters. The number of hydrogen-bond acceptors (Lipinski definition) is 4.